The van der Waals surface area contributed by atoms with Crippen LogP contribution >= 0.6 is 0 Å². The molecule has 0 spiro atoms. The fourth-order valence-corrected chi connectivity index (χ4v) is 2.39. The van der Waals surface area contributed by atoms with Crippen LogP contribution in [0.1, 0.15) is 6.92 Å². The fourth-order valence-electron chi connectivity index (χ4n) is 2.39. The highest BCUT2D eigenvalue weighted by atomic mass is 16.8. The van der Waals surface area contributed by atoms with E-state index in [1.807, 2.05) is 0 Å². The molecule has 0 aromatic carbocycles. The first kappa shape index (κ1) is 22.6. The van der Waals surface area contributed by atoms with E-state index in [4.69, 9.17) is 35.2 Å². The summed E-state index contributed by atoms with van der Waals surface area (Å²) in [6.45, 7) is 0.453. The zero-order chi connectivity index (χ0) is 19.1. The summed E-state index contributed by atoms with van der Waals surface area (Å²) >= 11 is 0. The molecular weight excluding hydrogens is 340 g/mol. The summed E-state index contributed by atoms with van der Waals surface area (Å²) in [6, 6.07) is -1.98. The third-order valence-electron chi connectivity index (χ3n) is 3.99. The predicted molar refractivity (Wildman–Crippen MR) is 84.0 cm³/mol. The lowest BCUT2D eigenvalue weighted by Gasteiger charge is -2.44. The maximum Gasteiger partial charge on any atom is 0.183 e. The molecule has 0 bridgehead atoms. The molecule has 11 nitrogen and oxygen atoms in total. The Morgan fingerprint density at radius 1 is 1.24 bits per heavy atom. The molecule has 1 aliphatic heterocycles. The van der Waals surface area contributed by atoms with Crippen LogP contribution < -0.4 is 11.5 Å². The van der Waals surface area contributed by atoms with Gasteiger partial charge in [0.1, 0.15) is 18.3 Å². The van der Waals surface area contributed by atoms with E-state index in [1.54, 1.807) is 0 Å². The lowest BCUT2D eigenvalue weighted by atomic mass is 9.97. The minimum absolute atomic E-state index is 0.485. The smallest absolute Gasteiger partial charge is 0.183 e. The number of methoxy groups -OCH3 is 2. The number of hydrogen-bond donors (Lipinski definition) is 6. The van der Waals surface area contributed by atoms with Gasteiger partial charge in [-0.3, -0.25) is 0 Å². The first-order valence-corrected chi connectivity index (χ1v) is 7.91. The van der Waals surface area contributed by atoms with Crippen LogP contribution in [-0.4, -0.2) is 103 Å². The molecule has 8 N–H and O–H groups in total. The summed E-state index contributed by atoms with van der Waals surface area (Å²) in [7, 11) is 2.66. The number of ether oxygens (including phenoxy) is 5. The molecule has 1 rings (SSSR count). The first-order chi connectivity index (χ1) is 11.8. The van der Waals surface area contributed by atoms with Crippen LogP contribution in [0, 0.1) is 0 Å². The van der Waals surface area contributed by atoms with E-state index in [-0.39, 0.29) is 0 Å². The summed E-state index contributed by atoms with van der Waals surface area (Å²) in [4.78, 5) is 0. The van der Waals surface area contributed by atoms with Crippen molar-refractivity contribution in [2.24, 2.45) is 11.5 Å². The molecule has 1 saturated heterocycles. The highest BCUT2D eigenvalue weighted by Crippen LogP contribution is 2.25. The number of nitrogens with two attached hydrogens (primary N) is 2. The van der Waals surface area contributed by atoms with E-state index in [0.29, 0.717) is 0 Å². The second kappa shape index (κ2) is 10.6. The standard InChI is InChI=1S/C14H30N2O9/c1-6(19)9(15)14(24-8(5-18)21-2)25-12-7(4-17)23-13(22-3)10(16)11(12)20/h6-14,17-20H,4-5,15-16H2,1-3H3. The lowest BCUT2D eigenvalue weighted by Crippen LogP contribution is -2.64. The van der Waals surface area contributed by atoms with Crippen molar-refractivity contribution in [3.63, 3.8) is 0 Å². The molecule has 0 aromatic rings. The summed E-state index contributed by atoms with van der Waals surface area (Å²) in [5.41, 5.74) is 11.7. The Morgan fingerprint density at radius 2 is 1.88 bits per heavy atom. The largest absolute Gasteiger partial charge is 0.394 e. The Hall–Kier alpha value is -0.440. The van der Waals surface area contributed by atoms with Gasteiger partial charge in [0.15, 0.2) is 18.9 Å². The number of aliphatic hydroxyl groups is 4. The molecule has 0 saturated carbocycles. The Bertz CT molecular complexity index is 370. The number of hydrogen-bond acceptors (Lipinski definition) is 11. The van der Waals surface area contributed by atoms with Gasteiger partial charge in [0.25, 0.3) is 0 Å². The highest BCUT2D eigenvalue weighted by Gasteiger charge is 2.46. The van der Waals surface area contributed by atoms with E-state index >= 15 is 0 Å². The molecule has 1 fully saturated rings. The van der Waals surface area contributed by atoms with Crippen molar-refractivity contribution < 1.29 is 44.1 Å². The van der Waals surface area contributed by atoms with Gasteiger partial charge in [-0.1, -0.05) is 0 Å². The second-order valence-electron chi connectivity index (χ2n) is 5.80. The third kappa shape index (κ3) is 5.77. The molecule has 0 radical (unpaired) electrons. The number of aliphatic hydroxyl groups excluding tert-OH is 4. The summed E-state index contributed by atoms with van der Waals surface area (Å²) in [6.07, 6.45) is -7.65. The SMILES string of the molecule is COC(CO)OC(OC1C(CO)OC(OC)C(N)C1O)C(N)C(C)O. The average Bonchev–Trinajstić information content (AvgIpc) is 2.61. The van der Waals surface area contributed by atoms with E-state index in [9.17, 15) is 20.4 Å². The van der Waals surface area contributed by atoms with Crippen molar-refractivity contribution in [3.05, 3.63) is 0 Å². The quantitative estimate of drug-likeness (QED) is 0.210. The molecule has 25 heavy (non-hydrogen) atoms. The molecule has 11 heteroatoms. The lowest BCUT2D eigenvalue weighted by molar-refractivity contribution is -0.323. The molecular formula is C14H30N2O9. The van der Waals surface area contributed by atoms with Gasteiger partial charge in [-0.15, -0.1) is 0 Å². The van der Waals surface area contributed by atoms with E-state index < -0.39 is 68.6 Å². The van der Waals surface area contributed by atoms with Gasteiger partial charge in [-0.05, 0) is 6.92 Å². The van der Waals surface area contributed by atoms with Crippen molar-refractivity contribution in [2.45, 2.75) is 62.3 Å². The topological polar surface area (TPSA) is 179 Å². The van der Waals surface area contributed by atoms with Crippen LogP contribution in [0.25, 0.3) is 0 Å². The van der Waals surface area contributed by atoms with Crippen LogP contribution in [0.15, 0.2) is 0 Å². The van der Waals surface area contributed by atoms with Crippen LogP contribution in [0.2, 0.25) is 0 Å². The van der Waals surface area contributed by atoms with E-state index in [2.05, 4.69) is 0 Å². The van der Waals surface area contributed by atoms with Crippen molar-refractivity contribution in [2.75, 3.05) is 27.4 Å². The summed E-state index contributed by atoms with van der Waals surface area (Å²) < 4.78 is 26.4. The molecule has 0 aliphatic carbocycles. The van der Waals surface area contributed by atoms with Crippen LogP contribution in [0.4, 0.5) is 0 Å². The maximum atomic E-state index is 10.4. The van der Waals surface area contributed by atoms with E-state index in [1.165, 1.54) is 21.1 Å². The second-order valence-corrected chi connectivity index (χ2v) is 5.80. The van der Waals surface area contributed by atoms with E-state index in [0.717, 1.165) is 0 Å². The maximum absolute atomic E-state index is 10.4. The zero-order valence-corrected chi connectivity index (χ0v) is 14.6. The number of rotatable bonds is 10. The molecule has 1 heterocycles. The van der Waals surface area contributed by atoms with Gasteiger partial charge in [0.2, 0.25) is 0 Å². The van der Waals surface area contributed by atoms with Crippen molar-refractivity contribution in [1.29, 1.82) is 0 Å². The van der Waals surface area contributed by atoms with Gasteiger partial charge in [-0.25, -0.2) is 0 Å². The third-order valence-corrected chi connectivity index (χ3v) is 3.99. The van der Waals surface area contributed by atoms with Gasteiger partial charge in [0, 0.05) is 14.2 Å². The molecule has 1 aliphatic rings. The summed E-state index contributed by atoms with van der Waals surface area (Å²) in [5.74, 6) is 0. The predicted octanol–water partition coefficient (Wildman–Crippen LogP) is -3.56. The molecule has 150 valence electrons. The minimum Gasteiger partial charge on any atom is -0.394 e. The molecule has 0 aromatic heterocycles. The molecule has 0 amide bonds. The first-order valence-electron chi connectivity index (χ1n) is 7.91. The Morgan fingerprint density at radius 3 is 2.32 bits per heavy atom. The van der Waals surface area contributed by atoms with Crippen molar-refractivity contribution in [3.8, 4) is 0 Å². The Labute approximate surface area is 146 Å². The zero-order valence-electron chi connectivity index (χ0n) is 14.6. The molecule has 9 unspecified atom stereocenters. The monoisotopic (exact) mass is 370 g/mol. The normalized spacial score (nSPS) is 35.2. The van der Waals surface area contributed by atoms with Gasteiger partial charge in [-0.2, -0.15) is 0 Å². The summed E-state index contributed by atoms with van der Waals surface area (Å²) in [5, 5.41) is 38.8. The average molecular weight is 370 g/mol. The Balaban J connectivity index is 2.95. The van der Waals surface area contributed by atoms with Gasteiger partial charge >= 0.3 is 0 Å². The minimum atomic E-state index is -1.28. The van der Waals surface area contributed by atoms with Crippen LogP contribution in [0.3, 0.4) is 0 Å². The van der Waals surface area contributed by atoms with Gasteiger partial charge in [0.05, 0.1) is 31.4 Å². The van der Waals surface area contributed by atoms with Crippen molar-refractivity contribution >= 4 is 0 Å². The Kier molecular flexibility index (Phi) is 9.62. The van der Waals surface area contributed by atoms with Crippen LogP contribution in [0.5, 0.6) is 0 Å². The molecule has 9 atom stereocenters. The highest BCUT2D eigenvalue weighted by molar-refractivity contribution is 4.93. The van der Waals surface area contributed by atoms with Crippen LogP contribution in [-0.2, 0) is 23.7 Å². The van der Waals surface area contributed by atoms with Gasteiger partial charge < -0.3 is 55.6 Å². The van der Waals surface area contributed by atoms with Crippen molar-refractivity contribution in [1.82, 2.24) is 0 Å². The fraction of sp³-hybridized carbons (Fsp3) is 1.00.